The highest BCUT2D eigenvalue weighted by Gasteiger charge is 2.25. The van der Waals surface area contributed by atoms with Gasteiger partial charge in [0.15, 0.2) is 5.82 Å². The summed E-state index contributed by atoms with van der Waals surface area (Å²) in [5, 5.41) is 4.45. The average molecular weight is 273 g/mol. The molecule has 1 aliphatic rings. The predicted molar refractivity (Wildman–Crippen MR) is 73.2 cm³/mol. The Morgan fingerprint density at radius 2 is 2.35 bits per heavy atom. The standard InChI is InChI=1S/C11H19N3OS2/c1-3-7(2)9(12)11-13-10(14-15-11)8-6-16-4-5-17-8/h7-9H,3-6,12H2,1-2H3/t7-,8?,9-/m0/s1. The van der Waals surface area contributed by atoms with Gasteiger partial charge < -0.3 is 10.3 Å². The number of nitrogens with two attached hydrogens (primary N) is 1. The molecule has 1 aromatic heterocycles. The first-order chi connectivity index (χ1) is 8.22. The van der Waals surface area contributed by atoms with Gasteiger partial charge in [-0.15, -0.1) is 11.8 Å². The Balaban J connectivity index is 2.04. The molecule has 0 aliphatic carbocycles. The number of hydrogen-bond donors (Lipinski definition) is 1. The minimum absolute atomic E-state index is 0.137. The third-order valence-electron chi connectivity index (χ3n) is 3.10. The SMILES string of the molecule is CC[C@H](C)[C@H](N)c1nc(C2CSCCS2)no1. The minimum atomic E-state index is -0.137. The van der Waals surface area contributed by atoms with Gasteiger partial charge in [-0.2, -0.15) is 16.7 Å². The van der Waals surface area contributed by atoms with Crippen LogP contribution in [-0.4, -0.2) is 27.4 Å². The zero-order chi connectivity index (χ0) is 12.3. The molecule has 0 saturated carbocycles. The van der Waals surface area contributed by atoms with E-state index in [1.54, 1.807) is 0 Å². The molecule has 6 heteroatoms. The lowest BCUT2D eigenvalue weighted by Crippen LogP contribution is -2.19. The van der Waals surface area contributed by atoms with Crippen molar-refractivity contribution in [2.45, 2.75) is 31.6 Å². The Hall–Kier alpha value is -0.200. The summed E-state index contributed by atoms with van der Waals surface area (Å²) in [4.78, 5) is 4.47. The van der Waals surface area contributed by atoms with Gasteiger partial charge in [0.05, 0.1) is 11.3 Å². The summed E-state index contributed by atoms with van der Waals surface area (Å²) in [7, 11) is 0. The van der Waals surface area contributed by atoms with Crippen LogP contribution in [-0.2, 0) is 0 Å². The lowest BCUT2D eigenvalue weighted by Gasteiger charge is -2.17. The van der Waals surface area contributed by atoms with Gasteiger partial charge in [0.1, 0.15) is 0 Å². The lowest BCUT2D eigenvalue weighted by molar-refractivity contribution is 0.310. The van der Waals surface area contributed by atoms with E-state index < -0.39 is 0 Å². The van der Waals surface area contributed by atoms with Gasteiger partial charge in [-0.25, -0.2) is 0 Å². The second-order valence-electron chi connectivity index (χ2n) is 4.34. The number of thioether (sulfide) groups is 2. The Morgan fingerprint density at radius 1 is 1.53 bits per heavy atom. The summed E-state index contributed by atoms with van der Waals surface area (Å²) in [6.07, 6.45) is 1.02. The molecule has 3 atom stereocenters. The van der Waals surface area contributed by atoms with Crippen molar-refractivity contribution in [3.8, 4) is 0 Å². The van der Waals surface area contributed by atoms with Gasteiger partial charge in [0, 0.05) is 17.3 Å². The van der Waals surface area contributed by atoms with Crippen molar-refractivity contribution in [1.82, 2.24) is 10.1 Å². The fraction of sp³-hybridized carbons (Fsp3) is 0.818. The summed E-state index contributed by atoms with van der Waals surface area (Å²) in [5.41, 5.74) is 6.08. The quantitative estimate of drug-likeness (QED) is 0.909. The van der Waals surface area contributed by atoms with Crippen molar-refractivity contribution < 1.29 is 4.52 Å². The van der Waals surface area contributed by atoms with Crippen molar-refractivity contribution in [1.29, 1.82) is 0 Å². The molecule has 0 spiro atoms. The maximum absolute atomic E-state index is 6.08. The molecule has 4 nitrogen and oxygen atoms in total. The van der Waals surface area contributed by atoms with E-state index in [4.69, 9.17) is 10.3 Å². The van der Waals surface area contributed by atoms with Crippen LogP contribution in [0.3, 0.4) is 0 Å². The van der Waals surface area contributed by atoms with Crippen LogP contribution in [0.4, 0.5) is 0 Å². The summed E-state index contributed by atoms with van der Waals surface area (Å²) in [5.74, 6) is 5.23. The van der Waals surface area contributed by atoms with E-state index in [0.717, 1.165) is 23.8 Å². The molecular formula is C11H19N3OS2. The summed E-state index contributed by atoms with van der Waals surface area (Å²) >= 11 is 3.86. The third-order valence-corrected chi connectivity index (χ3v) is 5.85. The summed E-state index contributed by atoms with van der Waals surface area (Å²) < 4.78 is 5.29. The maximum Gasteiger partial charge on any atom is 0.243 e. The summed E-state index contributed by atoms with van der Waals surface area (Å²) in [6, 6.07) is -0.137. The van der Waals surface area contributed by atoms with Crippen LogP contribution in [0.25, 0.3) is 0 Å². The molecule has 17 heavy (non-hydrogen) atoms. The van der Waals surface area contributed by atoms with E-state index >= 15 is 0 Å². The van der Waals surface area contributed by atoms with Crippen LogP contribution in [0.1, 0.15) is 43.3 Å². The first-order valence-corrected chi connectivity index (χ1v) is 8.21. The van der Waals surface area contributed by atoms with Crippen LogP contribution < -0.4 is 5.73 Å². The zero-order valence-corrected chi connectivity index (χ0v) is 11.9. The van der Waals surface area contributed by atoms with Crippen LogP contribution in [0, 0.1) is 5.92 Å². The van der Waals surface area contributed by atoms with Gasteiger partial charge >= 0.3 is 0 Å². The first kappa shape index (κ1) is 13.2. The minimum Gasteiger partial charge on any atom is -0.338 e. The molecule has 0 radical (unpaired) electrons. The molecule has 1 saturated heterocycles. The molecule has 0 bridgehead atoms. The molecule has 2 heterocycles. The summed E-state index contributed by atoms with van der Waals surface area (Å²) in [6.45, 7) is 4.23. The van der Waals surface area contributed by atoms with E-state index in [1.165, 1.54) is 5.75 Å². The Morgan fingerprint density at radius 3 is 3.00 bits per heavy atom. The Kier molecular flexibility index (Phi) is 4.76. The van der Waals surface area contributed by atoms with Gasteiger partial charge in [-0.3, -0.25) is 0 Å². The molecule has 0 amide bonds. The molecule has 1 aliphatic heterocycles. The van der Waals surface area contributed by atoms with E-state index in [-0.39, 0.29) is 6.04 Å². The molecule has 1 aromatic rings. The third kappa shape index (κ3) is 3.17. The lowest BCUT2D eigenvalue weighted by atomic mass is 10.0. The van der Waals surface area contributed by atoms with Crippen molar-refractivity contribution in [3.63, 3.8) is 0 Å². The Labute approximate surface area is 110 Å². The first-order valence-electron chi connectivity index (χ1n) is 6.00. The van der Waals surface area contributed by atoms with Crippen LogP contribution >= 0.6 is 23.5 Å². The highest BCUT2D eigenvalue weighted by Crippen LogP contribution is 2.35. The van der Waals surface area contributed by atoms with E-state index in [2.05, 4.69) is 24.0 Å². The second-order valence-corrected chi connectivity index (χ2v) is 6.80. The molecule has 2 N–H and O–H groups in total. The Bertz CT molecular complexity index is 336. The zero-order valence-electron chi connectivity index (χ0n) is 10.3. The highest BCUT2D eigenvalue weighted by molar-refractivity contribution is 8.06. The largest absolute Gasteiger partial charge is 0.338 e. The predicted octanol–water partition coefficient (Wildman–Crippen LogP) is 2.64. The van der Waals surface area contributed by atoms with E-state index in [9.17, 15) is 0 Å². The van der Waals surface area contributed by atoms with Gasteiger partial charge in [0.2, 0.25) is 5.89 Å². The molecule has 1 unspecified atom stereocenters. The fourth-order valence-corrected chi connectivity index (χ4v) is 4.24. The molecule has 1 fully saturated rings. The molecule has 2 rings (SSSR count). The second kappa shape index (κ2) is 6.11. The van der Waals surface area contributed by atoms with Crippen molar-refractivity contribution in [3.05, 3.63) is 11.7 Å². The maximum atomic E-state index is 6.08. The van der Waals surface area contributed by atoms with Crippen LogP contribution in [0.2, 0.25) is 0 Å². The topological polar surface area (TPSA) is 64.9 Å². The van der Waals surface area contributed by atoms with Crippen molar-refractivity contribution in [2.75, 3.05) is 17.3 Å². The molecule has 0 aromatic carbocycles. The fourth-order valence-electron chi connectivity index (χ4n) is 1.65. The normalized spacial score (nSPS) is 24.5. The highest BCUT2D eigenvalue weighted by atomic mass is 32.2. The number of nitrogens with zero attached hydrogens (tertiary/aromatic N) is 2. The van der Waals surface area contributed by atoms with Gasteiger partial charge in [-0.1, -0.05) is 25.4 Å². The van der Waals surface area contributed by atoms with Crippen LogP contribution in [0.15, 0.2) is 4.52 Å². The number of aromatic nitrogens is 2. The monoisotopic (exact) mass is 273 g/mol. The van der Waals surface area contributed by atoms with Crippen molar-refractivity contribution >= 4 is 23.5 Å². The van der Waals surface area contributed by atoms with Gasteiger partial charge in [0.25, 0.3) is 0 Å². The van der Waals surface area contributed by atoms with E-state index in [1.807, 2.05) is 23.5 Å². The van der Waals surface area contributed by atoms with Gasteiger partial charge in [-0.05, 0) is 5.92 Å². The van der Waals surface area contributed by atoms with E-state index in [0.29, 0.717) is 17.1 Å². The average Bonchev–Trinajstić information content (AvgIpc) is 2.87. The van der Waals surface area contributed by atoms with Crippen LogP contribution in [0.5, 0.6) is 0 Å². The molecular weight excluding hydrogens is 254 g/mol. The molecule has 96 valence electrons. The van der Waals surface area contributed by atoms with Crippen molar-refractivity contribution in [2.24, 2.45) is 11.7 Å². The number of rotatable bonds is 4. The smallest absolute Gasteiger partial charge is 0.243 e. The number of hydrogen-bond acceptors (Lipinski definition) is 6.